The molecular formula is C11H20O3S. The summed E-state index contributed by atoms with van der Waals surface area (Å²) in [5.74, 6) is 1.03. The van der Waals surface area contributed by atoms with Crippen LogP contribution in [-0.2, 0) is 9.53 Å². The Balaban J connectivity index is 2.23. The first-order valence-corrected chi connectivity index (χ1v) is 6.66. The zero-order valence-corrected chi connectivity index (χ0v) is 10.3. The van der Waals surface area contributed by atoms with Crippen LogP contribution in [0.1, 0.15) is 33.1 Å². The summed E-state index contributed by atoms with van der Waals surface area (Å²) in [6.45, 7) is 4.68. The monoisotopic (exact) mass is 232 g/mol. The summed E-state index contributed by atoms with van der Waals surface area (Å²) in [6, 6.07) is 0. The quantitative estimate of drug-likeness (QED) is 0.735. The number of carbonyl (C=O) groups is 1. The molecule has 1 saturated heterocycles. The van der Waals surface area contributed by atoms with E-state index >= 15 is 0 Å². The molecule has 0 aromatic carbocycles. The minimum Gasteiger partial charge on any atom is -0.465 e. The molecule has 4 heteroatoms. The summed E-state index contributed by atoms with van der Waals surface area (Å²) in [7, 11) is 0. The fourth-order valence-electron chi connectivity index (χ4n) is 1.69. The molecule has 1 N–H and O–H groups in total. The molecule has 15 heavy (non-hydrogen) atoms. The van der Waals surface area contributed by atoms with Crippen molar-refractivity contribution < 1.29 is 14.6 Å². The van der Waals surface area contributed by atoms with E-state index in [-0.39, 0.29) is 11.2 Å². The highest BCUT2D eigenvalue weighted by Crippen LogP contribution is 2.27. The Labute approximate surface area is 95.6 Å². The zero-order chi connectivity index (χ0) is 11.3. The normalized spacial score (nSPS) is 27.7. The molecular weight excluding hydrogens is 212 g/mol. The molecule has 1 aliphatic heterocycles. The molecule has 0 saturated carbocycles. The van der Waals surface area contributed by atoms with E-state index in [9.17, 15) is 9.90 Å². The Hall–Kier alpha value is -0.220. The lowest BCUT2D eigenvalue weighted by Crippen LogP contribution is -2.29. The highest BCUT2D eigenvalue weighted by Gasteiger charge is 2.33. The van der Waals surface area contributed by atoms with E-state index < -0.39 is 6.10 Å². The Bertz CT molecular complexity index is 208. The third kappa shape index (κ3) is 4.03. The summed E-state index contributed by atoms with van der Waals surface area (Å²) in [5, 5.41) is 9.16. The van der Waals surface area contributed by atoms with Gasteiger partial charge >= 0.3 is 5.97 Å². The van der Waals surface area contributed by atoms with E-state index in [1.807, 2.05) is 0 Å². The van der Waals surface area contributed by atoms with Crippen LogP contribution in [0.15, 0.2) is 0 Å². The van der Waals surface area contributed by atoms with Crippen molar-refractivity contribution in [2.75, 3.05) is 12.4 Å². The van der Waals surface area contributed by atoms with Crippen LogP contribution in [0.25, 0.3) is 0 Å². The molecule has 0 amide bonds. The molecule has 0 spiro atoms. The first-order chi connectivity index (χ1) is 7.15. The smallest absolute Gasteiger partial charge is 0.321 e. The Morgan fingerprint density at radius 2 is 2.40 bits per heavy atom. The van der Waals surface area contributed by atoms with Gasteiger partial charge in [0.2, 0.25) is 0 Å². The average Bonchev–Trinajstić information content (AvgIpc) is 2.61. The van der Waals surface area contributed by atoms with Gasteiger partial charge in [-0.1, -0.05) is 20.3 Å². The van der Waals surface area contributed by atoms with Gasteiger partial charge in [-0.15, -0.1) is 11.8 Å². The van der Waals surface area contributed by atoms with Crippen molar-refractivity contribution in [3.63, 3.8) is 0 Å². The minimum atomic E-state index is -0.510. The third-order valence-electron chi connectivity index (χ3n) is 2.58. The van der Waals surface area contributed by atoms with Crippen LogP contribution in [0.2, 0.25) is 0 Å². The number of hydrogen-bond acceptors (Lipinski definition) is 4. The van der Waals surface area contributed by atoms with E-state index in [1.165, 1.54) is 11.8 Å². The van der Waals surface area contributed by atoms with Crippen LogP contribution in [0.4, 0.5) is 0 Å². The first kappa shape index (κ1) is 12.8. The molecule has 3 atom stereocenters. The summed E-state index contributed by atoms with van der Waals surface area (Å²) in [4.78, 5) is 11.6. The van der Waals surface area contributed by atoms with Gasteiger partial charge in [0, 0.05) is 0 Å². The van der Waals surface area contributed by atoms with E-state index in [2.05, 4.69) is 13.8 Å². The second-order valence-corrected chi connectivity index (χ2v) is 5.42. The lowest BCUT2D eigenvalue weighted by molar-refractivity contribution is -0.146. The summed E-state index contributed by atoms with van der Waals surface area (Å²) in [5.41, 5.74) is 0. The second-order valence-electron chi connectivity index (χ2n) is 4.17. The van der Waals surface area contributed by atoms with Gasteiger partial charge < -0.3 is 9.84 Å². The lowest BCUT2D eigenvalue weighted by atomic mass is 10.1. The lowest BCUT2D eigenvalue weighted by Gasteiger charge is -2.15. The van der Waals surface area contributed by atoms with Crippen molar-refractivity contribution in [2.45, 2.75) is 44.5 Å². The largest absolute Gasteiger partial charge is 0.465 e. The highest BCUT2D eigenvalue weighted by molar-refractivity contribution is 8.00. The number of esters is 1. The van der Waals surface area contributed by atoms with Crippen LogP contribution in [0, 0.1) is 5.92 Å². The molecule has 0 bridgehead atoms. The molecule has 3 unspecified atom stereocenters. The molecule has 1 rings (SSSR count). The molecule has 0 radical (unpaired) electrons. The molecule has 0 aliphatic carbocycles. The molecule has 88 valence electrons. The van der Waals surface area contributed by atoms with Crippen molar-refractivity contribution in [1.29, 1.82) is 0 Å². The van der Waals surface area contributed by atoms with Crippen molar-refractivity contribution in [3.05, 3.63) is 0 Å². The number of aliphatic hydroxyl groups excluding tert-OH is 1. The van der Waals surface area contributed by atoms with Crippen molar-refractivity contribution >= 4 is 17.7 Å². The molecule has 0 aromatic rings. The number of hydrogen-bond donors (Lipinski definition) is 1. The second kappa shape index (κ2) is 6.38. The highest BCUT2D eigenvalue weighted by atomic mass is 32.2. The van der Waals surface area contributed by atoms with Crippen LogP contribution in [0.3, 0.4) is 0 Å². The maximum atomic E-state index is 11.6. The number of carbonyl (C=O) groups excluding carboxylic acids is 1. The van der Waals surface area contributed by atoms with Crippen LogP contribution < -0.4 is 0 Å². The molecule has 1 heterocycles. The number of thioether (sulfide) groups is 1. The van der Waals surface area contributed by atoms with Gasteiger partial charge in [0.25, 0.3) is 0 Å². The van der Waals surface area contributed by atoms with Crippen molar-refractivity contribution in [1.82, 2.24) is 0 Å². The van der Waals surface area contributed by atoms with Gasteiger partial charge in [-0.2, -0.15) is 0 Å². The van der Waals surface area contributed by atoms with Gasteiger partial charge in [0.05, 0.1) is 12.7 Å². The van der Waals surface area contributed by atoms with Gasteiger partial charge in [0.15, 0.2) is 0 Å². The fraction of sp³-hybridized carbons (Fsp3) is 0.909. The van der Waals surface area contributed by atoms with Crippen LogP contribution >= 0.6 is 11.8 Å². The van der Waals surface area contributed by atoms with E-state index in [1.54, 1.807) is 0 Å². The fourth-order valence-corrected chi connectivity index (χ4v) is 2.88. The van der Waals surface area contributed by atoms with Crippen molar-refractivity contribution in [3.8, 4) is 0 Å². The molecule has 1 aliphatic rings. The van der Waals surface area contributed by atoms with Gasteiger partial charge in [-0.25, -0.2) is 0 Å². The van der Waals surface area contributed by atoms with E-state index in [4.69, 9.17) is 4.74 Å². The van der Waals surface area contributed by atoms with E-state index in [0.29, 0.717) is 18.9 Å². The predicted molar refractivity (Wildman–Crippen MR) is 61.9 cm³/mol. The first-order valence-electron chi connectivity index (χ1n) is 5.61. The zero-order valence-electron chi connectivity index (χ0n) is 9.44. The maximum Gasteiger partial charge on any atom is 0.321 e. The van der Waals surface area contributed by atoms with Gasteiger partial charge in [0.1, 0.15) is 5.25 Å². The summed E-state index contributed by atoms with van der Waals surface area (Å²) in [6.07, 6.45) is 2.38. The van der Waals surface area contributed by atoms with Gasteiger partial charge in [-0.3, -0.25) is 4.79 Å². The minimum absolute atomic E-state index is 0.243. The SMILES string of the molecule is CCCC(C)COC(=O)C1SCCC1O. The van der Waals surface area contributed by atoms with Gasteiger partial charge in [-0.05, 0) is 24.5 Å². The third-order valence-corrected chi connectivity index (χ3v) is 3.92. The van der Waals surface area contributed by atoms with Crippen LogP contribution in [-0.4, -0.2) is 34.8 Å². The maximum absolute atomic E-state index is 11.6. The Morgan fingerprint density at radius 1 is 1.67 bits per heavy atom. The molecule has 3 nitrogen and oxygen atoms in total. The molecule has 1 fully saturated rings. The number of aliphatic hydroxyl groups is 1. The number of ether oxygens (including phenoxy) is 1. The Kier molecular flexibility index (Phi) is 5.47. The molecule has 0 aromatic heterocycles. The standard InChI is InChI=1S/C11H20O3S/c1-3-4-8(2)7-14-11(13)10-9(12)5-6-15-10/h8-10,12H,3-7H2,1-2H3. The summed E-state index contributed by atoms with van der Waals surface area (Å²) < 4.78 is 5.19. The van der Waals surface area contributed by atoms with Crippen LogP contribution in [0.5, 0.6) is 0 Å². The number of rotatable bonds is 5. The predicted octanol–water partition coefficient (Wildman–Crippen LogP) is 1.83. The topological polar surface area (TPSA) is 46.5 Å². The van der Waals surface area contributed by atoms with Crippen molar-refractivity contribution in [2.24, 2.45) is 5.92 Å². The Morgan fingerprint density at radius 3 is 2.93 bits per heavy atom. The van der Waals surface area contributed by atoms with E-state index in [0.717, 1.165) is 18.6 Å². The summed E-state index contributed by atoms with van der Waals surface area (Å²) >= 11 is 1.50. The average molecular weight is 232 g/mol.